The lowest BCUT2D eigenvalue weighted by Gasteiger charge is -2.27. The van der Waals surface area contributed by atoms with Crippen LogP contribution in [0.4, 0.5) is 11.5 Å². The molecule has 0 radical (unpaired) electrons. The predicted molar refractivity (Wildman–Crippen MR) is 88.4 cm³/mol. The van der Waals surface area contributed by atoms with Gasteiger partial charge in [-0.3, -0.25) is 4.79 Å². The van der Waals surface area contributed by atoms with E-state index in [-0.39, 0.29) is 12.2 Å². The number of aliphatic hydroxyl groups is 1. The number of pyridine rings is 1. The quantitative estimate of drug-likeness (QED) is 0.791. The first-order chi connectivity index (χ1) is 10.8. The van der Waals surface area contributed by atoms with Crippen LogP contribution in [-0.2, 0) is 0 Å². The molecule has 1 fully saturated rings. The summed E-state index contributed by atoms with van der Waals surface area (Å²) in [7, 11) is 0. The summed E-state index contributed by atoms with van der Waals surface area (Å²) in [6.07, 6.45) is 2.19. The summed E-state index contributed by atoms with van der Waals surface area (Å²) in [5, 5.41) is 12.0. The maximum Gasteiger partial charge on any atom is 0.251 e. The van der Waals surface area contributed by atoms with E-state index in [1.54, 1.807) is 0 Å². The molecule has 0 aliphatic carbocycles. The molecule has 1 aromatic carbocycles. The summed E-state index contributed by atoms with van der Waals surface area (Å²) in [5.41, 5.74) is 1.89. The summed E-state index contributed by atoms with van der Waals surface area (Å²) < 4.78 is 0. The molecule has 5 nitrogen and oxygen atoms in total. The molecular formula is C17H21N3O2. The van der Waals surface area contributed by atoms with Gasteiger partial charge in [0.1, 0.15) is 5.82 Å². The van der Waals surface area contributed by atoms with Gasteiger partial charge >= 0.3 is 0 Å². The molecule has 1 aliphatic heterocycles. The molecule has 2 aromatic rings. The zero-order chi connectivity index (χ0) is 15.4. The largest absolute Gasteiger partial charge is 0.395 e. The second-order valence-electron chi connectivity index (χ2n) is 5.53. The van der Waals surface area contributed by atoms with Crippen LogP contribution in [0, 0.1) is 0 Å². The average molecular weight is 299 g/mol. The fourth-order valence-corrected chi connectivity index (χ4v) is 3.06. The van der Waals surface area contributed by atoms with E-state index in [0.29, 0.717) is 12.6 Å². The molecule has 1 aliphatic rings. The first-order valence-electron chi connectivity index (χ1n) is 7.68. The highest BCUT2D eigenvalue weighted by Crippen LogP contribution is 2.35. The number of benzene rings is 1. The Bertz CT molecular complexity index is 669. The minimum Gasteiger partial charge on any atom is -0.395 e. The van der Waals surface area contributed by atoms with Crippen molar-refractivity contribution in [2.24, 2.45) is 0 Å². The Morgan fingerprint density at radius 3 is 2.86 bits per heavy atom. The zero-order valence-corrected chi connectivity index (χ0v) is 12.5. The third kappa shape index (κ3) is 3.14. The Hall–Kier alpha value is -2.27. The lowest BCUT2D eigenvalue weighted by molar-refractivity contribution is 0.311. The lowest BCUT2D eigenvalue weighted by Crippen LogP contribution is -2.26. The van der Waals surface area contributed by atoms with E-state index >= 15 is 0 Å². The minimum absolute atomic E-state index is 0.0402. The second-order valence-corrected chi connectivity index (χ2v) is 5.53. The number of rotatable bonds is 5. The maximum atomic E-state index is 11.9. The molecule has 0 amide bonds. The highest BCUT2D eigenvalue weighted by atomic mass is 16.3. The van der Waals surface area contributed by atoms with Gasteiger partial charge in [0.2, 0.25) is 0 Å². The molecule has 3 N–H and O–H groups in total. The van der Waals surface area contributed by atoms with Gasteiger partial charge in [-0.2, -0.15) is 0 Å². The van der Waals surface area contributed by atoms with Crippen LogP contribution in [-0.4, -0.2) is 29.8 Å². The smallest absolute Gasteiger partial charge is 0.251 e. The van der Waals surface area contributed by atoms with Crippen molar-refractivity contribution in [1.82, 2.24) is 4.98 Å². The molecule has 116 valence electrons. The highest BCUT2D eigenvalue weighted by molar-refractivity contribution is 5.55. The van der Waals surface area contributed by atoms with Crippen molar-refractivity contribution in [3.8, 4) is 0 Å². The van der Waals surface area contributed by atoms with Crippen molar-refractivity contribution in [1.29, 1.82) is 0 Å². The van der Waals surface area contributed by atoms with E-state index in [9.17, 15) is 4.79 Å². The van der Waals surface area contributed by atoms with Crippen molar-refractivity contribution in [3.63, 3.8) is 0 Å². The van der Waals surface area contributed by atoms with E-state index in [4.69, 9.17) is 5.11 Å². The van der Waals surface area contributed by atoms with Crippen LogP contribution in [0.25, 0.3) is 0 Å². The topological polar surface area (TPSA) is 68.4 Å². The number of H-pyrrole nitrogens is 1. The predicted octanol–water partition coefficient (Wildman–Crippen LogP) is 2.12. The number of nitrogens with zero attached hydrogens (tertiary/aromatic N) is 1. The summed E-state index contributed by atoms with van der Waals surface area (Å²) in [4.78, 5) is 17.1. The van der Waals surface area contributed by atoms with Gasteiger partial charge in [0.25, 0.3) is 5.56 Å². The van der Waals surface area contributed by atoms with Gasteiger partial charge in [0.15, 0.2) is 0 Å². The first kappa shape index (κ1) is 14.7. The highest BCUT2D eigenvalue weighted by Gasteiger charge is 2.26. The van der Waals surface area contributed by atoms with Crippen LogP contribution in [0.2, 0.25) is 0 Å². The summed E-state index contributed by atoms with van der Waals surface area (Å²) in [6, 6.07) is 14.1. The molecule has 0 saturated carbocycles. The zero-order valence-electron chi connectivity index (χ0n) is 12.5. The Kier molecular flexibility index (Phi) is 4.44. The monoisotopic (exact) mass is 299 g/mol. The van der Waals surface area contributed by atoms with Gasteiger partial charge in [0, 0.05) is 30.9 Å². The molecule has 1 unspecified atom stereocenters. The minimum atomic E-state index is -0.128. The molecule has 2 heterocycles. The SMILES string of the molecule is O=c1cc(NCCO)cc(N2CCCC2c2ccccc2)[nH]1. The van der Waals surface area contributed by atoms with Gasteiger partial charge in [0.05, 0.1) is 12.6 Å². The normalized spacial score (nSPS) is 17.7. The van der Waals surface area contributed by atoms with Crippen LogP contribution in [0.15, 0.2) is 47.3 Å². The second kappa shape index (κ2) is 6.66. The third-order valence-electron chi connectivity index (χ3n) is 4.02. The van der Waals surface area contributed by atoms with Gasteiger partial charge in [-0.1, -0.05) is 30.3 Å². The van der Waals surface area contributed by atoms with E-state index in [2.05, 4.69) is 27.3 Å². The Balaban J connectivity index is 1.89. The standard InChI is InChI=1S/C17H21N3O2/c21-10-8-18-14-11-16(19-17(22)12-14)20-9-4-7-15(20)13-5-2-1-3-6-13/h1-3,5-6,11-12,15,21H,4,7-10H2,(H2,18,19,22). The van der Waals surface area contributed by atoms with Gasteiger partial charge in [-0.15, -0.1) is 0 Å². The van der Waals surface area contributed by atoms with Crippen molar-refractivity contribution in [2.45, 2.75) is 18.9 Å². The number of nitrogens with one attached hydrogen (secondary N) is 2. The van der Waals surface area contributed by atoms with Crippen LogP contribution >= 0.6 is 0 Å². The summed E-state index contributed by atoms with van der Waals surface area (Å²) in [6.45, 7) is 1.41. The van der Waals surface area contributed by atoms with Crippen molar-refractivity contribution < 1.29 is 5.11 Å². The maximum absolute atomic E-state index is 11.9. The molecule has 0 spiro atoms. The van der Waals surface area contributed by atoms with Crippen LogP contribution < -0.4 is 15.8 Å². The average Bonchev–Trinajstić information content (AvgIpc) is 3.03. The molecule has 1 atom stereocenters. The van der Waals surface area contributed by atoms with Crippen LogP contribution in [0.3, 0.4) is 0 Å². The number of anilines is 2. The van der Waals surface area contributed by atoms with Crippen LogP contribution in [0.1, 0.15) is 24.4 Å². The molecule has 22 heavy (non-hydrogen) atoms. The fourth-order valence-electron chi connectivity index (χ4n) is 3.06. The van der Waals surface area contributed by atoms with Gasteiger partial charge < -0.3 is 20.3 Å². The molecule has 0 bridgehead atoms. The number of aromatic nitrogens is 1. The summed E-state index contributed by atoms with van der Waals surface area (Å²) in [5.74, 6) is 0.833. The Labute approximate surface area is 129 Å². The van der Waals surface area contributed by atoms with Crippen LogP contribution in [0.5, 0.6) is 0 Å². The number of aliphatic hydroxyl groups excluding tert-OH is 1. The molecular weight excluding hydrogens is 278 g/mol. The lowest BCUT2D eigenvalue weighted by atomic mass is 10.0. The van der Waals surface area contributed by atoms with Crippen molar-refractivity contribution in [2.75, 3.05) is 29.9 Å². The number of hydrogen-bond acceptors (Lipinski definition) is 4. The van der Waals surface area contributed by atoms with E-state index in [1.807, 2.05) is 24.3 Å². The van der Waals surface area contributed by atoms with E-state index in [0.717, 1.165) is 30.9 Å². The molecule has 3 rings (SSSR count). The van der Waals surface area contributed by atoms with E-state index in [1.165, 1.54) is 11.6 Å². The first-order valence-corrected chi connectivity index (χ1v) is 7.68. The van der Waals surface area contributed by atoms with Crippen molar-refractivity contribution in [3.05, 3.63) is 58.4 Å². The van der Waals surface area contributed by atoms with Gasteiger partial charge in [-0.05, 0) is 18.4 Å². The van der Waals surface area contributed by atoms with Crippen molar-refractivity contribution >= 4 is 11.5 Å². The number of hydrogen-bond donors (Lipinski definition) is 3. The Morgan fingerprint density at radius 1 is 1.27 bits per heavy atom. The molecule has 1 aromatic heterocycles. The molecule has 5 heteroatoms. The van der Waals surface area contributed by atoms with Gasteiger partial charge in [-0.25, -0.2) is 0 Å². The number of aromatic amines is 1. The Morgan fingerprint density at radius 2 is 2.09 bits per heavy atom. The third-order valence-corrected chi connectivity index (χ3v) is 4.02. The molecule has 1 saturated heterocycles. The van der Waals surface area contributed by atoms with E-state index < -0.39 is 0 Å². The fraction of sp³-hybridized carbons (Fsp3) is 0.353. The summed E-state index contributed by atoms with van der Waals surface area (Å²) >= 11 is 0.